The highest BCUT2D eigenvalue weighted by Gasteiger charge is 2.10. The molecule has 0 atom stereocenters. The minimum Gasteiger partial charge on any atom is -0.457 e. The van der Waals surface area contributed by atoms with Gasteiger partial charge in [0.25, 0.3) is 5.91 Å². The molecule has 4 nitrogen and oxygen atoms in total. The molecular weight excluding hydrogens is 226 g/mol. The Morgan fingerprint density at radius 3 is 3.00 bits per heavy atom. The second kappa shape index (κ2) is 4.27. The molecule has 0 fully saturated rings. The number of amides is 1. The molecule has 12 heavy (non-hydrogen) atoms. The summed E-state index contributed by atoms with van der Waals surface area (Å²) in [7, 11) is 0. The number of rotatable bonds is 3. The van der Waals surface area contributed by atoms with Gasteiger partial charge in [0.1, 0.15) is 0 Å². The third kappa shape index (κ3) is 2.09. The first-order valence-corrected chi connectivity index (χ1v) is 4.17. The van der Waals surface area contributed by atoms with Crippen molar-refractivity contribution in [2.75, 3.05) is 13.2 Å². The predicted octanol–water partition coefficient (Wildman–Crippen LogP) is 0.764. The summed E-state index contributed by atoms with van der Waals surface area (Å²) in [5.41, 5.74) is 0.434. The maximum Gasteiger partial charge on any atom is 0.255 e. The number of hydrogen-bond acceptors (Lipinski definition) is 3. The van der Waals surface area contributed by atoms with Crippen molar-refractivity contribution in [2.24, 2.45) is 0 Å². The molecule has 1 aromatic rings. The zero-order chi connectivity index (χ0) is 8.97. The molecule has 0 spiro atoms. The molecule has 0 unspecified atom stereocenters. The molecule has 0 aliphatic rings. The maximum atomic E-state index is 11.2. The van der Waals surface area contributed by atoms with Crippen LogP contribution in [0, 0.1) is 0 Å². The summed E-state index contributed by atoms with van der Waals surface area (Å²) in [6.45, 7) is 0.178. The Bertz CT molecular complexity index is 271. The van der Waals surface area contributed by atoms with Gasteiger partial charge < -0.3 is 14.8 Å². The van der Waals surface area contributed by atoms with Gasteiger partial charge in [-0.1, -0.05) is 0 Å². The second-order valence-corrected chi connectivity index (χ2v) is 2.81. The highest BCUT2D eigenvalue weighted by atomic mass is 79.9. The van der Waals surface area contributed by atoms with Gasteiger partial charge in [-0.25, -0.2) is 0 Å². The Balaban J connectivity index is 2.59. The molecule has 66 valence electrons. The summed E-state index contributed by atoms with van der Waals surface area (Å²) in [6.07, 6.45) is 1.41. The predicted molar refractivity (Wildman–Crippen MR) is 45.8 cm³/mol. The molecule has 0 saturated heterocycles. The molecule has 1 aromatic heterocycles. The van der Waals surface area contributed by atoms with Crippen LogP contribution in [0.1, 0.15) is 10.4 Å². The van der Waals surface area contributed by atoms with Crippen molar-refractivity contribution in [3.63, 3.8) is 0 Å². The van der Waals surface area contributed by atoms with E-state index in [0.717, 1.165) is 0 Å². The quantitative estimate of drug-likeness (QED) is 0.811. The lowest BCUT2D eigenvalue weighted by molar-refractivity contribution is 0.0943. The fraction of sp³-hybridized carbons (Fsp3) is 0.286. The molecule has 2 N–H and O–H groups in total. The molecule has 1 rings (SSSR count). The summed E-state index contributed by atoms with van der Waals surface area (Å²) in [4.78, 5) is 11.2. The van der Waals surface area contributed by atoms with E-state index >= 15 is 0 Å². The van der Waals surface area contributed by atoms with Crippen LogP contribution < -0.4 is 5.32 Å². The van der Waals surface area contributed by atoms with E-state index in [9.17, 15) is 4.79 Å². The Hall–Kier alpha value is -0.810. The molecule has 0 aliphatic carbocycles. The fourth-order valence-corrected chi connectivity index (χ4v) is 1.14. The van der Waals surface area contributed by atoms with Crippen LogP contribution in [0.4, 0.5) is 0 Å². The van der Waals surface area contributed by atoms with Crippen molar-refractivity contribution in [3.05, 3.63) is 22.6 Å². The molecule has 1 amide bonds. The van der Waals surface area contributed by atoms with Crippen molar-refractivity contribution in [1.82, 2.24) is 5.32 Å². The number of carbonyl (C=O) groups is 1. The topological polar surface area (TPSA) is 62.5 Å². The van der Waals surface area contributed by atoms with E-state index in [1.807, 2.05) is 0 Å². The summed E-state index contributed by atoms with van der Waals surface area (Å²) in [5.74, 6) is -0.260. The summed E-state index contributed by atoms with van der Waals surface area (Å²) < 4.78 is 5.26. The van der Waals surface area contributed by atoms with Gasteiger partial charge in [0.2, 0.25) is 0 Å². The molecule has 0 aliphatic heterocycles. The largest absolute Gasteiger partial charge is 0.457 e. The maximum absolute atomic E-state index is 11.2. The van der Waals surface area contributed by atoms with E-state index in [4.69, 9.17) is 9.52 Å². The Kier molecular flexibility index (Phi) is 3.31. The van der Waals surface area contributed by atoms with E-state index in [2.05, 4.69) is 21.2 Å². The first kappa shape index (κ1) is 9.28. The molecule has 0 bridgehead atoms. The summed E-state index contributed by atoms with van der Waals surface area (Å²) in [6, 6.07) is 1.55. The van der Waals surface area contributed by atoms with E-state index in [1.165, 1.54) is 6.26 Å². The third-order valence-corrected chi connectivity index (χ3v) is 1.87. The lowest BCUT2D eigenvalue weighted by atomic mass is 10.3. The van der Waals surface area contributed by atoms with Gasteiger partial charge in [-0.3, -0.25) is 4.79 Å². The van der Waals surface area contributed by atoms with Crippen LogP contribution in [-0.2, 0) is 0 Å². The van der Waals surface area contributed by atoms with E-state index in [-0.39, 0.29) is 19.1 Å². The van der Waals surface area contributed by atoms with Crippen LogP contribution in [0.5, 0.6) is 0 Å². The van der Waals surface area contributed by atoms with E-state index in [1.54, 1.807) is 6.07 Å². The van der Waals surface area contributed by atoms with Gasteiger partial charge >= 0.3 is 0 Å². The first-order valence-electron chi connectivity index (χ1n) is 3.37. The molecule has 1 heterocycles. The smallest absolute Gasteiger partial charge is 0.255 e. The SMILES string of the molecule is O=C(NCCO)c1ccoc1Br. The molecule has 0 radical (unpaired) electrons. The zero-order valence-electron chi connectivity index (χ0n) is 6.21. The van der Waals surface area contributed by atoms with Crippen LogP contribution in [-0.4, -0.2) is 24.2 Å². The first-order chi connectivity index (χ1) is 5.75. The normalized spacial score (nSPS) is 9.83. The lowest BCUT2D eigenvalue weighted by Gasteiger charge is -1.99. The minimum atomic E-state index is -0.260. The van der Waals surface area contributed by atoms with Gasteiger partial charge in [0.05, 0.1) is 18.4 Å². The average Bonchev–Trinajstić information content (AvgIpc) is 2.47. The van der Waals surface area contributed by atoms with Crippen LogP contribution in [0.2, 0.25) is 0 Å². The number of aliphatic hydroxyl groups excluding tert-OH is 1. The van der Waals surface area contributed by atoms with Gasteiger partial charge in [0, 0.05) is 6.54 Å². The van der Waals surface area contributed by atoms with Crippen molar-refractivity contribution >= 4 is 21.8 Å². The number of hydrogen-bond donors (Lipinski definition) is 2. The van der Waals surface area contributed by atoms with Crippen LogP contribution >= 0.6 is 15.9 Å². The average molecular weight is 234 g/mol. The number of aliphatic hydroxyl groups is 1. The molecule has 5 heteroatoms. The van der Waals surface area contributed by atoms with Crippen molar-refractivity contribution in [3.8, 4) is 0 Å². The lowest BCUT2D eigenvalue weighted by Crippen LogP contribution is -2.26. The number of furan rings is 1. The van der Waals surface area contributed by atoms with Gasteiger partial charge in [0.15, 0.2) is 4.67 Å². The molecular formula is C7H8BrNO3. The Morgan fingerprint density at radius 1 is 1.75 bits per heavy atom. The highest BCUT2D eigenvalue weighted by Crippen LogP contribution is 2.16. The van der Waals surface area contributed by atoms with Crippen molar-refractivity contribution in [2.45, 2.75) is 0 Å². The fourth-order valence-electron chi connectivity index (χ4n) is 0.720. The standard InChI is InChI=1S/C7H8BrNO3/c8-6-5(1-4-12-6)7(11)9-2-3-10/h1,4,10H,2-3H2,(H,9,11). The highest BCUT2D eigenvalue weighted by molar-refractivity contribution is 9.10. The van der Waals surface area contributed by atoms with E-state index < -0.39 is 0 Å². The third-order valence-electron chi connectivity index (χ3n) is 1.26. The van der Waals surface area contributed by atoms with Crippen molar-refractivity contribution in [1.29, 1.82) is 0 Å². The molecule has 0 aromatic carbocycles. The second-order valence-electron chi connectivity index (χ2n) is 2.09. The summed E-state index contributed by atoms with van der Waals surface area (Å²) in [5, 5.41) is 10.9. The van der Waals surface area contributed by atoms with E-state index in [0.29, 0.717) is 10.2 Å². The van der Waals surface area contributed by atoms with Gasteiger partial charge in [-0.15, -0.1) is 0 Å². The zero-order valence-corrected chi connectivity index (χ0v) is 7.80. The number of halogens is 1. The number of nitrogens with one attached hydrogen (secondary N) is 1. The van der Waals surface area contributed by atoms with Crippen LogP contribution in [0.3, 0.4) is 0 Å². The summed E-state index contributed by atoms with van der Waals surface area (Å²) >= 11 is 3.07. The van der Waals surface area contributed by atoms with Crippen molar-refractivity contribution < 1.29 is 14.3 Å². The van der Waals surface area contributed by atoms with Gasteiger partial charge in [-0.2, -0.15) is 0 Å². The Labute approximate surface area is 77.7 Å². The van der Waals surface area contributed by atoms with Crippen LogP contribution in [0.15, 0.2) is 21.4 Å². The Morgan fingerprint density at radius 2 is 2.50 bits per heavy atom. The number of carbonyl (C=O) groups excluding carboxylic acids is 1. The monoisotopic (exact) mass is 233 g/mol. The van der Waals surface area contributed by atoms with Gasteiger partial charge in [-0.05, 0) is 22.0 Å². The molecule has 0 saturated carbocycles. The van der Waals surface area contributed by atoms with Crippen LogP contribution in [0.25, 0.3) is 0 Å². The minimum absolute atomic E-state index is 0.0682.